The molecule has 2 aromatic heterocycles. The van der Waals surface area contributed by atoms with Gasteiger partial charge in [0, 0.05) is 0 Å². The molecule has 0 spiro atoms. The van der Waals surface area contributed by atoms with Crippen LogP contribution in [0.3, 0.4) is 0 Å². The van der Waals surface area contributed by atoms with Gasteiger partial charge in [0.1, 0.15) is 37.1 Å². The van der Waals surface area contributed by atoms with Crippen molar-refractivity contribution in [1.29, 1.82) is 0 Å². The fraction of sp³-hybridized carbons (Fsp3) is 0.688. The van der Waals surface area contributed by atoms with Crippen molar-refractivity contribution in [2.75, 3.05) is 13.0 Å². The van der Waals surface area contributed by atoms with E-state index in [2.05, 4.69) is 15.0 Å². The van der Waals surface area contributed by atoms with Gasteiger partial charge in [0.25, 0.3) is 0 Å². The number of aliphatic hydroxyl groups excluding tert-OH is 2. The van der Waals surface area contributed by atoms with Gasteiger partial charge < -0.3 is 34.2 Å². The second-order valence-electron chi connectivity index (χ2n) is 7.24. The second-order valence-corrected chi connectivity index (χ2v) is 8.83. The number of rotatable bonds is 7. The molecule has 29 heavy (non-hydrogen) atoms. The highest BCUT2D eigenvalue weighted by Gasteiger charge is 2.44. The minimum atomic E-state index is -4.34. The van der Waals surface area contributed by atoms with E-state index in [1.54, 1.807) is 0 Å². The first-order chi connectivity index (χ1) is 13.8. The highest BCUT2D eigenvalue weighted by Crippen LogP contribution is 2.36. The van der Waals surface area contributed by atoms with Gasteiger partial charge in [0.2, 0.25) is 5.88 Å². The number of aromatic nitrogens is 4. The molecule has 12 nitrogen and oxygen atoms in total. The SMILES string of the molecule is O=P(O)(O)COC[C@H]1O[C@@H](n2cnc3c(OC4CCCC4)ncnc32)[C@H](O)[C@@H]1O. The van der Waals surface area contributed by atoms with E-state index in [1.165, 1.54) is 17.2 Å². The Morgan fingerprint density at radius 2 is 1.93 bits per heavy atom. The number of imidazole rings is 1. The first kappa shape index (κ1) is 20.6. The van der Waals surface area contributed by atoms with Crippen molar-refractivity contribution in [2.24, 2.45) is 0 Å². The Balaban J connectivity index is 1.51. The van der Waals surface area contributed by atoms with E-state index in [9.17, 15) is 14.8 Å². The van der Waals surface area contributed by atoms with Gasteiger partial charge in [0.15, 0.2) is 17.4 Å². The van der Waals surface area contributed by atoms with Crippen LogP contribution < -0.4 is 4.74 Å². The van der Waals surface area contributed by atoms with Crippen LogP contribution in [-0.2, 0) is 14.0 Å². The van der Waals surface area contributed by atoms with Crippen molar-refractivity contribution in [3.05, 3.63) is 12.7 Å². The third-order valence-electron chi connectivity index (χ3n) is 5.06. The van der Waals surface area contributed by atoms with Gasteiger partial charge in [-0.1, -0.05) is 0 Å². The molecule has 2 aliphatic rings. The van der Waals surface area contributed by atoms with Gasteiger partial charge in [-0.15, -0.1) is 0 Å². The van der Waals surface area contributed by atoms with Gasteiger partial charge >= 0.3 is 7.60 Å². The van der Waals surface area contributed by atoms with Crippen LogP contribution in [0.5, 0.6) is 5.88 Å². The first-order valence-electron chi connectivity index (χ1n) is 9.31. The lowest BCUT2D eigenvalue weighted by Gasteiger charge is -2.17. The molecule has 1 aliphatic heterocycles. The molecule has 2 fully saturated rings. The summed E-state index contributed by atoms with van der Waals surface area (Å²) in [6.45, 7) is -0.294. The van der Waals surface area contributed by atoms with Crippen molar-refractivity contribution < 1.29 is 38.8 Å². The second kappa shape index (κ2) is 8.23. The number of fused-ring (bicyclic) bond motifs is 1. The van der Waals surface area contributed by atoms with E-state index in [-0.39, 0.29) is 12.7 Å². The Hall–Kier alpha value is -1.66. The lowest BCUT2D eigenvalue weighted by atomic mass is 10.1. The van der Waals surface area contributed by atoms with Crippen LogP contribution in [0.4, 0.5) is 0 Å². The Labute approximate surface area is 165 Å². The largest absolute Gasteiger partial charge is 0.473 e. The maximum Gasteiger partial charge on any atom is 0.350 e. The van der Waals surface area contributed by atoms with Crippen LogP contribution in [0.25, 0.3) is 11.2 Å². The molecule has 2 aromatic rings. The van der Waals surface area contributed by atoms with E-state index in [4.69, 9.17) is 24.0 Å². The van der Waals surface area contributed by atoms with Crippen molar-refractivity contribution in [2.45, 2.75) is 56.3 Å². The molecule has 0 unspecified atom stereocenters. The summed E-state index contributed by atoms with van der Waals surface area (Å²) in [5.74, 6) is 0.357. The van der Waals surface area contributed by atoms with Crippen molar-refractivity contribution in [3.63, 3.8) is 0 Å². The molecule has 0 bridgehead atoms. The number of hydrogen-bond donors (Lipinski definition) is 4. The van der Waals surface area contributed by atoms with Gasteiger partial charge in [-0.3, -0.25) is 9.13 Å². The quantitative estimate of drug-likeness (QED) is 0.433. The molecule has 3 heterocycles. The third kappa shape index (κ3) is 4.43. The van der Waals surface area contributed by atoms with Crippen molar-refractivity contribution >= 4 is 18.8 Å². The standard InChI is InChI=1S/C16H23N4O8P/c21-12-10(5-26-8-29(23,24)25)28-16(13(12)22)20-7-19-11-14(20)17-6-18-15(11)27-9-3-1-2-4-9/h6-7,9-10,12-13,16,21-22H,1-5,8H2,(H2,23,24,25)/t10-,12-,13-,16-/m1/s1. The van der Waals surface area contributed by atoms with Crippen LogP contribution in [0.1, 0.15) is 31.9 Å². The Bertz CT molecular complexity index is 898. The molecule has 0 aromatic carbocycles. The number of ether oxygens (including phenoxy) is 3. The Morgan fingerprint density at radius 1 is 1.17 bits per heavy atom. The number of aliphatic hydroxyl groups is 2. The zero-order valence-corrected chi connectivity index (χ0v) is 16.3. The smallest absolute Gasteiger partial charge is 0.350 e. The Kier molecular flexibility index (Phi) is 5.85. The van der Waals surface area contributed by atoms with Gasteiger partial charge in [-0.25, -0.2) is 9.97 Å². The molecule has 4 atom stereocenters. The summed E-state index contributed by atoms with van der Waals surface area (Å²) < 4.78 is 28.9. The normalized spacial score (nSPS) is 28.4. The van der Waals surface area contributed by atoms with E-state index < -0.39 is 38.5 Å². The summed E-state index contributed by atoms with van der Waals surface area (Å²) in [6, 6.07) is 0. The molecule has 1 saturated heterocycles. The van der Waals surface area contributed by atoms with E-state index in [1.807, 2.05) is 0 Å². The highest BCUT2D eigenvalue weighted by molar-refractivity contribution is 7.51. The average Bonchev–Trinajstić information content (AvgIpc) is 3.37. The molecular formula is C16H23N4O8P. The molecule has 4 rings (SSSR count). The fourth-order valence-electron chi connectivity index (χ4n) is 3.65. The lowest BCUT2D eigenvalue weighted by molar-refractivity contribution is -0.0612. The minimum absolute atomic E-state index is 0.0870. The fourth-order valence-corrected chi connectivity index (χ4v) is 3.99. The zero-order chi connectivity index (χ0) is 20.6. The predicted octanol–water partition coefficient (Wildman–Crippen LogP) is -0.0813. The lowest BCUT2D eigenvalue weighted by Crippen LogP contribution is -2.33. The summed E-state index contributed by atoms with van der Waals surface area (Å²) in [5.41, 5.74) is 0.798. The molecule has 4 N–H and O–H groups in total. The summed E-state index contributed by atoms with van der Waals surface area (Å²) in [7, 11) is -4.34. The highest BCUT2D eigenvalue weighted by atomic mass is 31.2. The molecule has 0 amide bonds. The van der Waals surface area contributed by atoms with Crippen molar-refractivity contribution in [1.82, 2.24) is 19.5 Å². The topological polar surface area (TPSA) is 169 Å². The maximum absolute atomic E-state index is 10.9. The van der Waals surface area contributed by atoms with Crippen LogP contribution in [0.15, 0.2) is 12.7 Å². The third-order valence-corrected chi connectivity index (χ3v) is 5.58. The van der Waals surface area contributed by atoms with Crippen LogP contribution >= 0.6 is 7.60 Å². The van der Waals surface area contributed by atoms with Gasteiger partial charge in [-0.2, -0.15) is 4.98 Å². The molecule has 0 radical (unpaired) electrons. The maximum atomic E-state index is 10.9. The predicted molar refractivity (Wildman–Crippen MR) is 97.0 cm³/mol. The summed E-state index contributed by atoms with van der Waals surface area (Å²) in [5, 5.41) is 20.6. The molecule has 1 saturated carbocycles. The summed E-state index contributed by atoms with van der Waals surface area (Å²) in [6.07, 6.45) is 1.56. The Morgan fingerprint density at radius 3 is 2.66 bits per heavy atom. The summed E-state index contributed by atoms with van der Waals surface area (Å²) in [4.78, 5) is 30.4. The molecule has 160 valence electrons. The first-order valence-corrected chi connectivity index (χ1v) is 11.1. The monoisotopic (exact) mass is 430 g/mol. The zero-order valence-electron chi connectivity index (χ0n) is 15.4. The molecule has 13 heteroatoms. The summed E-state index contributed by atoms with van der Waals surface area (Å²) >= 11 is 0. The number of nitrogens with zero attached hydrogens (tertiary/aromatic N) is 4. The van der Waals surface area contributed by atoms with Crippen LogP contribution in [0, 0.1) is 0 Å². The molecule has 1 aliphatic carbocycles. The number of hydrogen-bond acceptors (Lipinski definition) is 9. The van der Waals surface area contributed by atoms with E-state index in [0.717, 1.165) is 25.7 Å². The van der Waals surface area contributed by atoms with E-state index in [0.29, 0.717) is 17.0 Å². The van der Waals surface area contributed by atoms with Gasteiger partial charge in [-0.05, 0) is 25.7 Å². The average molecular weight is 430 g/mol. The van der Waals surface area contributed by atoms with Crippen molar-refractivity contribution in [3.8, 4) is 5.88 Å². The van der Waals surface area contributed by atoms with Crippen LogP contribution in [0.2, 0.25) is 0 Å². The minimum Gasteiger partial charge on any atom is -0.473 e. The van der Waals surface area contributed by atoms with E-state index >= 15 is 0 Å². The molecular weight excluding hydrogens is 407 g/mol. The van der Waals surface area contributed by atoms with Gasteiger partial charge in [0.05, 0.1) is 12.9 Å². The van der Waals surface area contributed by atoms with Crippen LogP contribution in [-0.4, -0.2) is 76.9 Å².